The van der Waals surface area contributed by atoms with Crippen LogP contribution in [0.3, 0.4) is 0 Å². The molecule has 3 fully saturated rings. The molecule has 0 N–H and O–H groups in total. The Morgan fingerprint density at radius 3 is 2.96 bits per heavy atom. The van der Waals surface area contributed by atoms with Crippen LogP contribution in [0.25, 0.3) is 0 Å². The number of piperidine rings is 1. The summed E-state index contributed by atoms with van der Waals surface area (Å²) in [6.45, 7) is 6.33. The molecule has 25 heavy (non-hydrogen) atoms. The summed E-state index contributed by atoms with van der Waals surface area (Å²) in [5.74, 6) is 0. The van der Waals surface area contributed by atoms with Crippen LogP contribution in [-0.4, -0.2) is 61.5 Å². The van der Waals surface area contributed by atoms with E-state index in [0.29, 0.717) is 18.8 Å². The Hall–Kier alpha value is -1.01. The molecule has 5 nitrogen and oxygen atoms in total. The van der Waals surface area contributed by atoms with Crippen molar-refractivity contribution in [1.82, 2.24) is 9.88 Å². The number of pyridine rings is 1. The number of likely N-dealkylation sites (tertiary alicyclic amines) is 1. The largest absolute Gasteiger partial charge is 0.381 e. The molecule has 0 unspecified atom stereocenters. The highest BCUT2D eigenvalue weighted by molar-refractivity contribution is 5.02. The fraction of sp³-hybridized carbons (Fsp3) is 0.750. The number of ether oxygens (including phenoxy) is 3. The second kappa shape index (κ2) is 8.12. The van der Waals surface area contributed by atoms with Crippen LogP contribution in [0.5, 0.6) is 0 Å². The minimum Gasteiger partial charge on any atom is -0.381 e. The van der Waals surface area contributed by atoms with Gasteiger partial charge in [0.05, 0.1) is 25.0 Å². The van der Waals surface area contributed by atoms with E-state index in [1.165, 1.54) is 6.42 Å². The standard InChI is InChI=1S/C20H30N2O3/c1-2-9-21-17(4-1)14-24-16-20-8-3-11-25-19(20)5-10-22(15-20)18-6-12-23-13-7-18/h1-2,4,9,18-19H,3,5-8,10-16H2/t19-,20+/m0/s1. The summed E-state index contributed by atoms with van der Waals surface area (Å²) < 4.78 is 17.9. The summed E-state index contributed by atoms with van der Waals surface area (Å²) in [5, 5.41) is 0. The Kier molecular flexibility index (Phi) is 5.66. The fourth-order valence-corrected chi connectivity index (χ4v) is 4.74. The summed E-state index contributed by atoms with van der Waals surface area (Å²) in [7, 11) is 0. The Morgan fingerprint density at radius 2 is 2.12 bits per heavy atom. The molecular weight excluding hydrogens is 316 g/mol. The van der Waals surface area contributed by atoms with Gasteiger partial charge < -0.3 is 14.2 Å². The Bertz CT molecular complexity index is 535. The van der Waals surface area contributed by atoms with E-state index in [1.54, 1.807) is 0 Å². The van der Waals surface area contributed by atoms with E-state index in [0.717, 1.165) is 70.9 Å². The zero-order valence-electron chi connectivity index (χ0n) is 15.1. The van der Waals surface area contributed by atoms with Crippen molar-refractivity contribution < 1.29 is 14.2 Å². The quantitative estimate of drug-likeness (QED) is 0.820. The smallest absolute Gasteiger partial charge is 0.0888 e. The number of rotatable bonds is 5. The number of aromatic nitrogens is 1. The summed E-state index contributed by atoms with van der Waals surface area (Å²) in [6, 6.07) is 6.66. The van der Waals surface area contributed by atoms with Crippen molar-refractivity contribution in [2.75, 3.05) is 39.5 Å². The van der Waals surface area contributed by atoms with Crippen molar-refractivity contribution in [3.05, 3.63) is 30.1 Å². The molecule has 138 valence electrons. The van der Waals surface area contributed by atoms with Gasteiger partial charge in [0.1, 0.15) is 0 Å². The Balaban J connectivity index is 1.40. The van der Waals surface area contributed by atoms with Gasteiger partial charge in [0.25, 0.3) is 0 Å². The van der Waals surface area contributed by atoms with Crippen LogP contribution < -0.4 is 0 Å². The zero-order valence-corrected chi connectivity index (χ0v) is 15.1. The van der Waals surface area contributed by atoms with E-state index in [9.17, 15) is 0 Å². The third-order valence-electron chi connectivity index (χ3n) is 6.09. The van der Waals surface area contributed by atoms with Crippen molar-refractivity contribution in [3.8, 4) is 0 Å². The van der Waals surface area contributed by atoms with E-state index >= 15 is 0 Å². The lowest BCUT2D eigenvalue weighted by Gasteiger charge is -2.52. The summed E-state index contributed by atoms with van der Waals surface area (Å²) in [5.41, 5.74) is 1.15. The first-order valence-electron chi connectivity index (χ1n) is 9.77. The molecule has 3 aliphatic rings. The molecule has 1 aromatic heterocycles. The number of fused-ring (bicyclic) bond motifs is 1. The highest BCUT2D eigenvalue weighted by Crippen LogP contribution is 2.41. The van der Waals surface area contributed by atoms with Crippen LogP contribution in [0, 0.1) is 5.41 Å². The highest BCUT2D eigenvalue weighted by Gasteiger charge is 2.47. The van der Waals surface area contributed by atoms with Gasteiger partial charge in [0.15, 0.2) is 0 Å². The maximum absolute atomic E-state index is 6.18. The van der Waals surface area contributed by atoms with E-state index < -0.39 is 0 Å². The number of hydrogen-bond donors (Lipinski definition) is 0. The lowest BCUT2D eigenvalue weighted by molar-refractivity contribution is -0.163. The van der Waals surface area contributed by atoms with E-state index in [4.69, 9.17) is 14.2 Å². The zero-order chi connectivity index (χ0) is 17.0. The molecule has 0 spiro atoms. The van der Waals surface area contributed by atoms with Crippen LogP contribution in [0.15, 0.2) is 24.4 Å². The van der Waals surface area contributed by atoms with Gasteiger partial charge in [0.2, 0.25) is 0 Å². The van der Waals surface area contributed by atoms with Crippen LogP contribution in [0.2, 0.25) is 0 Å². The Labute approximate surface area is 150 Å². The first-order chi connectivity index (χ1) is 12.4. The van der Waals surface area contributed by atoms with Crippen molar-refractivity contribution in [2.45, 2.75) is 50.9 Å². The molecule has 0 amide bonds. The third-order valence-corrected chi connectivity index (χ3v) is 6.09. The summed E-state index contributed by atoms with van der Waals surface area (Å²) >= 11 is 0. The van der Waals surface area contributed by atoms with Gasteiger partial charge in [-0.2, -0.15) is 0 Å². The fourth-order valence-electron chi connectivity index (χ4n) is 4.74. The third kappa shape index (κ3) is 4.05. The molecule has 4 rings (SSSR count). The first-order valence-corrected chi connectivity index (χ1v) is 9.77. The topological polar surface area (TPSA) is 43.8 Å². The molecule has 0 aliphatic carbocycles. The molecule has 3 aliphatic heterocycles. The van der Waals surface area contributed by atoms with Crippen molar-refractivity contribution >= 4 is 0 Å². The van der Waals surface area contributed by atoms with Gasteiger partial charge in [-0.15, -0.1) is 0 Å². The van der Waals surface area contributed by atoms with Gasteiger partial charge in [-0.1, -0.05) is 6.07 Å². The minimum absolute atomic E-state index is 0.142. The Morgan fingerprint density at radius 1 is 1.20 bits per heavy atom. The second-order valence-corrected chi connectivity index (χ2v) is 7.74. The molecule has 0 bridgehead atoms. The van der Waals surface area contributed by atoms with Crippen LogP contribution >= 0.6 is 0 Å². The highest BCUT2D eigenvalue weighted by atomic mass is 16.5. The molecule has 0 radical (unpaired) electrons. The van der Waals surface area contributed by atoms with E-state index in [2.05, 4.69) is 9.88 Å². The molecule has 2 atom stereocenters. The molecule has 0 saturated carbocycles. The average molecular weight is 346 g/mol. The summed E-state index contributed by atoms with van der Waals surface area (Å²) in [6.07, 6.45) is 7.99. The minimum atomic E-state index is 0.142. The molecule has 4 heterocycles. The maximum Gasteiger partial charge on any atom is 0.0888 e. The SMILES string of the molecule is c1ccc(COC[C@]23CCCO[C@H]2CCN(C2CCOCC2)C3)nc1. The monoisotopic (exact) mass is 346 g/mol. The van der Waals surface area contributed by atoms with Crippen LogP contribution in [-0.2, 0) is 20.8 Å². The lowest BCUT2D eigenvalue weighted by Crippen LogP contribution is -2.59. The van der Waals surface area contributed by atoms with Gasteiger partial charge in [-0.3, -0.25) is 9.88 Å². The van der Waals surface area contributed by atoms with Crippen LogP contribution in [0.4, 0.5) is 0 Å². The normalized spacial score (nSPS) is 31.6. The first kappa shape index (κ1) is 17.4. The van der Waals surface area contributed by atoms with Crippen molar-refractivity contribution in [2.24, 2.45) is 5.41 Å². The molecule has 1 aromatic rings. The van der Waals surface area contributed by atoms with Gasteiger partial charge in [-0.05, 0) is 44.2 Å². The van der Waals surface area contributed by atoms with Crippen LogP contribution in [0.1, 0.15) is 37.8 Å². The lowest BCUT2D eigenvalue weighted by atomic mass is 9.72. The second-order valence-electron chi connectivity index (χ2n) is 7.74. The van der Waals surface area contributed by atoms with Gasteiger partial charge in [0, 0.05) is 50.6 Å². The average Bonchev–Trinajstić information content (AvgIpc) is 2.69. The predicted octanol–water partition coefficient (Wildman–Crippen LogP) is 2.65. The van der Waals surface area contributed by atoms with E-state index in [-0.39, 0.29) is 5.41 Å². The number of nitrogens with zero attached hydrogens (tertiary/aromatic N) is 2. The molecule has 3 saturated heterocycles. The predicted molar refractivity (Wildman–Crippen MR) is 95.3 cm³/mol. The van der Waals surface area contributed by atoms with Gasteiger partial charge in [-0.25, -0.2) is 0 Å². The molecule has 5 heteroatoms. The van der Waals surface area contributed by atoms with Crippen molar-refractivity contribution in [1.29, 1.82) is 0 Å². The summed E-state index contributed by atoms with van der Waals surface area (Å²) in [4.78, 5) is 7.06. The molecule has 0 aromatic carbocycles. The maximum atomic E-state index is 6.18. The number of hydrogen-bond acceptors (Lipinski definition) is 5. The van der Waals surface area contributed by atoms with E-state index in [1.807, 2.05) is 24.4 Å². The van der Waals surface area contributed by atoms with Gasteiger partial charge >= 0.3 is 0 Å². The van der Waals surface area contributed by atoms with Crippen molar-refractivity contribution in [3.63, 3.8) is 0 Å². The molecular formula is C20H30N2O3.